The van der Waals surface area contributed by atoms with Crippen molar-refractivity contribution in [2.45, 2.75) is 49.7 Å². The maximum atomic E-state index is 10.1. The molecule has 2 rings (SSSR count). The fraction of sp³-hybridized carbons (Fsp3) is 0.800. The first-order chi connectivity index (χ1) is 8.72. The van der Waals surface area contributed by atoms with Gasteiger partial charge in [0.15, 0.2) is 11.2 Å². The second-order valence-electron chi connectivity index (χ2n) is 4.49. The van der Waals surface area contributed by atoms with Crippen LogP contribution in [0.2, 0.25) is 0 Å². The average Bonchev–Trinajstić information content (AvgIpc) is 2.24. The Kier molecular flexibility index (Phi) is 7.69. The minimum atomic E-state index is -1.36. The summed E-state index contributed by atoms with van der Waals surface area (Å²) >= 11 is -0.417. The molecule has 116 valence electrons. The number of aliphatic carboxylic acids is 2. The number of carboxylic acid groups (broad SMARTS) is 2. The number of hydrogen-bond acceptors (Lipinski definition) is 6. The minimum absolute atomic E-state index is 0.417. The monoisotopic (exact) mass is 459 g/mol. The Balaban J connectivity index is 0.000000284. The van der Waals surface area contributed by atoms with Crippen molar-refractivity contribution in [2.24, 2.45) is 8.58 Å². The van der Waals surface area contributed by atoms with Gasteiger partial charge in [-0.1, -0.05) is 0 Å². The van der Waals surface area contributed by atoms with E-state index >= 15 is 0 Å². The van der Waals surface area contributed by atoms with Crippen molar-refractivity contribution >= 4 is 11.9 Å². The molecule has 2 aliphatic carbocycles. The summed E-state index contributed by atoms with van der Waals surface area (Å²) in [7, 11) is 0. The van der Waals surface area contributed by atoms with E-state index < -0.39 is 42.2 Å². The fourth-order valence-electron chi connectivity index (χ4n) is 1.45. The summed E-state index contributed by atoms with van der Waals surface area (Å²) in [6.07, 6.45) is 3.35. The molecule has 19 heavy (non-hydrogen) atoms. The van der Waals surface area contributed by atoms with Crippen LogP contribution in [-0.2, 0) is 28.7 Å². The van der Waals surface area contributed by atoms with Crippen LogP contribution >= 0.6 is 0 Å². The number of rotatable bonds is 2. The quantitative estimate of drug-likeness (QED) is 0.299. The molecule has 0 amide bonds. The molecule has 2 aliphatic rings. The molecule has 0 saturated heterocycles. The molecule has 0 radical (unpaired) electrons. The van der Waals surface area contributed by atoms with Gasteiger partial charge in [0.05, 0.1) is 0 Å². The molecule has 0 atom stereocenters. The number of aliphatic hydroxyl groups is 2. The molecule has 0 unspecified atom stereocenters. The van der Waals surface area contributed by atoms with Gasteiger partial charge < -0.3 is 20.4 Å². The van der Waals surface area contributed by atoms with Crippen LogP contribution in [0.5, 0.6) is 0 Å². The van der Waals surface area contributed by atoms with Gasteiger partial charge in [-0.15, -0.1) is 0 Å². The number of carboxylic acids is 2. The number of nitrogens with two attached hydrogens (primary N) is 2. The van der Waals surface area contributed by atoms with Crippen LogP contribution in [-0.4, -0.2) is 43.6 Å². The average molecular weight is 459 g/mol. The van der Waals surface area contributed by atoms with Gasteiger partial charge in [-0.3, -0.25) is 0 Å². The van der Waals surface area contributed by atoms with Crippen molar-refractivity contribution in [3.8, 4) is 0 Å². The Morgan fingerprint density at radius 3 is 1.05 bits per heavy atom. The summed E-state index contributed by atoms with van der Waals surface area (Å²) < 4.78 is 9.47. The van der Waals surface area contributed by atoms with E-state index in [1.807, 2.05) is 0 Å². The molecular weight excluding hydrogens is 439 g/mol. The molecule has 2 saturated carbocycles. The van der Waals surface area contributed by atoms with E-state index in [0.29, 0.717) is 25.7 Å². The summed E-state index contributed by atoms with van der Waals surface area (Å²) in [4.78, 5) is 20.1. The van der Waals surface area contributed by atoms with Gasteiger partial charge in [-0.05, 0) is 38.5 Å². The van der Waals surface area contributed by atoms with Crippen LogP contribution in [0.4, 0.5) is 0 Å². The summed E-state index contributed by atoms with van der Waals surface area (Å²) in [6.45, 7) is 0. The molecular formula is C10H20N2O6Pt. The SMILES string of the molecule is O=C(O)C1(O)CCC1.O=C(O)C1(O)CCC1.[NH2][Pt][NH2]. The summed E-state index contributed by atoms with van der Waals surface area (Å²) in [5.41, 5.74) is -2.72. The van der Waals surface area contributed by atoms with Gasteiger partial charge in [-0.2, -0.15) is 0 Å². The van der Waals surface area contributed by atoms with Crippen molar-refractivity contribution in [1.82, 2.24) is 0 Å². The van der Waals surface area contributed by atoms with Crippen molar-refractivity contribution < 1.29 is 49.1 Å². The number of hydrogen-bond donors (Lipinski definition) is 6. The van der Waals surface area contributed by atoms with Crippen molar-refractivity contribution in [3.05, 3.63) is 0 Å². The molecule has 0 heterocycles. The standard InChI is InChI=1S/2C5H8O3.2H2N.Pt/c2*6-4(7)5(8)2-1-3-5;;;/h2*8H,1-3H2,(H,6,7);2*1H2;/q;;2*-1;+2. The maximum absolute atomic E-state index is 10.1. The zero-order chi connectivity index (χ0) is 15.1. The zero-order valence-electron chi connectivity index (χ0n) is 10.3. The molecule has 0 aromatic rings. The Hall–Kier alpha value is -0.532. The summed E-state index contributed by atoms with van der Waals surface area (Å²) in [5, 5.41) is 34.3. The summed E-state index contributed by atoms with van der Waals surface area (Å²) in [6, 6.07) is 0. The molecule has 0 spiro atoms. The predicted octanol–water partition coefficient (Wildman–Crippen LogP) is -1.21. The Bertz CT molecular complexity index is 287. The van der Waals surface area contributed by atoms with Crippen LogP contribution in [0.15, 0.2) is 0 Å². The van der Waals surface area contributed by atoms with Crippen LogP contribution < -0.4 is 8.58 Å². The van der Waals surface area contributed by atoms with E-state index in [1.54, 1.807) is 0 Å². The van der Waals surface area contributed by atoms with E-state index in [0.717, 1.165) is 12.8 Å². The normalized spacial score (nSPS) is 21.5. The second kappa shape index (κ2) is 7.91. The molecule has 0 bridgehead atoms. The van der Waals surface area contributed by atoms with E-state index in [-0.39, 0.29) is 0 Å². The molecule has 8 N–H and O–H groups in total. The van der Waals surface area contributed by atoms with Gasteiger partial charge in [0, 0.05) is 0 Å². The van der Waals surface area contributed by atoms with E-state index in [4.69, 9.17) is 29.0 Å². The van der Waals surface area contributed by atoms with Gasteiger partial charge in [0.25, 0.3) is 0 Å². The third kappa shape index (κ3) is 5.54. The third-order valence-electron chi connectivity index (χ3n) is 3.16. The zero-order valence-corrected chi connectivity index (χ0v) is 12.6. The van der Waals surface area contributed by atoms with Crippen molar-refractivity contribution in [2.75, 3.05) is 0 Å². The Morgan fingerprint density at radius 2 is 1.05 bits per heavy atom. The first-order valence-corrected chi connectivity index (χ1v) is 8.21. The van der Waals surface area contributed by atoms with Crippen molar-refractivity contribution in [1.29, 1.82) is 0 Å². The van der Waals surface area contributed by atoms with Gasteiger partial charge in [0.2, 0.25) is 0 Å². The van der Waals surface area contributed by atoms with Crippen molar-refractivity contribution in [3.63, 3.8) is 0 Å². The van der Waals surface area contributed by atoms with Crippen LogP contribution in [0, 0.1) is 0 Å². The molecule has 0 aliphatic heterocycles. The summed E-state index contributed by atoms with van der Waals surface area (Å²) in [5.74, 6) is -2.16. The molecule has 9 heteroatoms. The number of carbonyl (C=O) groups is 2. The molecule has 2 fully saturated rings. The van der Waals surface area contributed by atoms with E-state index in [2.05, 4.69) is 0 Å². The third-order valence-corrected chi connectivity index (χ3v) is 3.16. The second-order valence-corrected chi connectivity index (χ2v) is 5.24. The Labute approximate surface area is 119 Å². The Morgan fingerprint density at radius 1 is 0.842 bits per heavy atom. The van der Waals surface area contributed by atoms with E-state index in [9.17, 15) is 9.59 Å². The van der Waals surface area contributed by atoms with Crippen LogP contribution in [0.3, 0.4) is 0 Å². The molecule has 0 aromatic carbocycles. The molecule has 0 aromatic heterocycles. The van der Waals surface area contributed by atoms with Crippen LogP contribution in [0.1, 0.15) is 38.5 Å². The van der Waals surface area contributed by atoms with Gasteiger partial charge in [-0.25, -0.2) is 9.59 Å². The van der Waals surface area contributed by atoms with Gasteiger partial charge in [0.1, 0.15) is 0 Å². The predicted molar refractivity (Wildman–Crippen MR) is 61.2 cm³/mol. The fourth-order valence-corrected chi connectivity index (χ4v) is 1.45. The van der Waals surface area contributed by atoms with E-state index in [1.165, 1.54) is 0 Å². The topological polar surface area (TPSA) is 167 Å². The first kappa shape index (κ1) is 18.5. The molecule has 8 nitrogen and oxygen atoms in total. The first-order valence-electron chi connectivity index (χ1n) is 5.58. The van der Waals surface area contributed by atoms with Crippen LogP contribution in [0.25, 0.3) is 0 Å². The van der Waals surface area contributed by atoms with Gasteiger partial charge >= 0.3 is 39.6 Å².